The molecule has 0 atom stereocenters. The van der Waals surface area contributed by atoms with Crippen LogP contribution in [0.2, 0.25) is 10.0 Å². The number of rotatable bonds is 10. The van der Waals surface area contributed by atoms with E-state index in [1.807, 2.05) is 24.3 Å². The van der Waals surface area contributed by atoms with Crippen molar-refractivity contribution >= 4 is 58.7 Å². The van der Waals surface area contributed by atoms with Gasteiger partial charge in [0.1, 0.15) is 5.70 Å². The number of carbonyl (C=O) groups is 2. The van der Waals surface area contributed by atoms with Crippen LogP contribution in [0.25, 0.3) is 6.08 Å². The first-order valence-corrected chi connectivity index (χ1v) is 12.4. The highest BCUT2D eigenvalue weighted by Gasteiger charge is 2.16. The molecule has 3 aromatic carbocycles. The lowest BCUT2D eigenvalue weighted by atomic mass is 10.1. The van der Waals surface area contributed by atoms with Crippen molar-refractivity contribution in [1.82, 2.24) is 10.7 Å². The van der Waals surface area contributed by atoms with Crippen LogP contribution < -0.4 is 15.6 Å². The van der Waals surface area contributed by atoms with Gasteiger partial charge in [-0.2, -0.15) is 5.10 Å². The highest BCUT2D eigenvalue weighted by molar-refractivity contribution is 6.36. The standard InChI is InChI=1S/C27H25Cl2N5O4/c1-3-33(4-2)22-11-5-18(6-12-22)15-25(31-26(35)19-8-13-23(14-9-19)34(37)38)27(36)32-30-17-20-7-10-21(28)16-24(20)29/h5-17H,3-4H2,1-2H3,(H,31,35)(H,32,36). The lowest BCUT2D eigenvalue weighted by molar-refractivity contribution is -0.384. The Kier molecular flexibility index (Phi) is 9.98. The first-order chi connectivity index (χ1) is 18.2. The van der Waals surface area contributed by atoms with E-state index < -0.39 is 16.7 Å². The van der Waals surface area contributed by atoms with Crippen molar-refractivity contribution in [3.8, 4) is 0 Å². The van der Waals surface area contributed by atoms with E-state index in [0.29, 0.717) is 21.2 Å². The Bertz CT molecular complexity index is 1370. The van der Waals surface area contributed by atoms with Crippen LogP contribution in [0.4, 0.5) is 11.4 Å². The van der Waals surface area contributed by atoms with Crippen LogP contribution in [0, 0.1) is 10.1 Å². The number of hydrogen-bond donors (Lipinski definition) is 2. The second-order valence-corrected chi connectivity index (χ2v) is 8.79. The third-order valence-corrected chi connectivity index (χ3v) is 6.06. The summed E-state index contributed by atoms with van der Waals surface area (Å²) in [6.07, 6.45) is 2.86. The summed E-state index contributed by atoms with van der Waals surface area (Å²) in [6.45, 7) is 5.82. The maximum Gasteiger partial charge on any atom is 0.287 e. The van der Waals surface area contributed by atoms with Crippen LogP contribution in [0.1, 0.15) is 35.3 Å². The van der Waals surface area contributed by atoms with Crippen molar-refractivity contribution in [2.45, 2.75) is 13.8 Å². The number of amides is 2. The molecule has 9 nitrogen and oxygen atoms in total. The SMILES string of the molecule is CCN(CC)c1ccc(C=C(NC(=O)c2ccc([N+](=O)[O-])cc2)C(=O)NN=Cc2ccc(Cl)cc2Cl)cc1. The van der Waals surface area contributed by atoms with Crippen LogP contribution in [0.15, 0.2) is 77.5 Å². The van der Waals surface area contributed by atoms with Gasteiger partial charge in [-0.3, -0.25) is 19.7 Å². The molecule has 3 rings (SSSR count). The number of nitro groups is 1. The first-order valence-electron chi connectivity index (χ1n) is 11.6. The topological polar surface area (TPSA) is 117 Å². The predicted molar refractivity (Wildman–Crippen MR) is 151 cm³/mol. The molecule has 0 bridgehead atoms. The zero-order valence-electron chi connectivity index (χ0n) is 20.7. The van der Waals surface area contributed by atoms with Gasteiger partial charge in [-0.05, 0) is 61.9 Å². The number of carbonyl (C=O) groups excluding carboxylic acids is 2. The number of hydrogen-bond acceptors (Lipinski definition) is 6. The number of halogens is 2. The summed E-state index contributed by atoms with van der Waals surface area (Å²) in [6, 6.07) is 17.4. The molecule has 0 aromatic heterocycles. The molecule has 11 heteroatoms. The van der Waals surface area contributed by atoms with Crippen LogP contribution in [0.3, 0.4) is 0 Å². The fourth-order valence-electron chi connectivity index (χ4n) is 3.45. The summed E-state index contributed by atoms with van der Waals surface area (Å²) in [4.78, 5) is 38.4. The summed E-state index contributed by atoms with van der Waals surface area (Å²) in [5, 5.41) is 18.2. The fraction of sp³-hybridized carbons (Fsp3) is 0.148. The summed E-state index contributed by atoms with van der Waals surface area (Å²) < 4.78 is 0. The zero-order valence-corrected chi connectivity index (χ0v) is 22.2. The van der Waals surface area contributed by atoms with E-state index in [9.17, 15) is 19.7 Å². The number of benzene rings is 3. The summed E-state index contributed by atoms with van der Waals surface area (Å²) in [5.74, 6) is -1.31. The quantitative estimate of drug-likeness (QED) is 0.145. The van der Waals surface area contributed by atoms with E-state index in [4.69, 9.17) is 23.2 Å². The summed E-state index contributed by atoms with van der Waals surface area (Å²) >= 11 is 12.0. The Hall–Kier alpha value is -4.21. The predicted octanol–water partition coefficient (Wildman–Crippen LogP) is 5.67. The molecule has 0 radical (unpaired) electrons. The molecule has 2 N–H and O–H groups in total. The van der Waals surface area contributed by atoms with Crippen molar-refractivity contribution in [3.63, 3.8) is 0 Å². The highest BCUT2D eigenvalue weighted by atomic mass is 35.5. The monoisotopic (exact) mass is 553 g/mol. The minimum Gasteiger partial charge on any atom is -0.372 e. The van der Waals surface area contributed by atoms with E-state index in [1.165, 1.54) is 36.6 Å². The third kappa shape index (κ3) is 7.64. The van der Waals surface area contributed by atoms with Crippen molar-refractivity contribution in [2.24, 2.45) is 5.10 Å². The van der Waals surface area contributed by atoms with Crippen molar-refractivity contribution in [2.75, 3.05) is 18.0 Å². The summed E-state index contributed by atoms with van der Waals surface area (Å²) in [7, 11) is 0. The Morgan fingerprint density at radius 2 is 1.66 bits per heavy atom. The molecule has 0 saturated heterocycles. The van der Waals surface area contributed by atoms with Gasteiger partial charge in [0.15, 0.2) is 0 Å². The molecule has 2 amide bonds. The lowest BCUT2D eigenvalue weighted by Crippen LogP contribution is -2.32. The average Bonchev–Trinajstić information content (AvgIpc) is 2.91. The fourth-order valence-corrected chi connectivity index (χ4v) is 3.91. The molecule has 0 fully saturated rings. The van der Waals surface area contributed by atoms with Crippen molar-refractivity contribution < 1.29 is 14.5 Å². The Morgan fingerprint density at radius 1 is 1.00 bits per heavy atom. The maximum atomic E-state index is 13.0. The summed E-state index contributed by atoms with van der Waals surface area (Å²) in [5.41, 5.74) is 4.51. The third-order valence-electron chi connectivity index (χ3n) is 5.50. The maximum absolute atomic E-state index is 13.0. The second kappa shape index (κ2) is 13.4. The molecule has 0 aliphatic carbocycles. The van der Waals surface area contributed by atoms with E-state index in [1.54, 1.807) is 18.2 Å². The van der Waals surface area contributed by atoms with Gasteiger partial charge in [0.25, 0.3) is 17.5 Å². The number of nitrogens with zero attached hydrogens (tertiary/aromatic N) is 3. The van der Waals surface area contributed by atoms with Crippen LogP contribution >= 0.6 is 23.2 Å². The van der Waals surface area contributed by atoms with Crippen LogP contribution in [-0.2, 0) is 4.79 Å². The van der Waals surface area contributed by atoms with Gasteiger partial charge in [0, 0.05) is 47.1 Å². The molecular weight excluding hydrogens is 529 g/mol. The Morgan fingerprint density at radius 3 is 2.24 bits per heavy atom. The van der Waals surface area contributed by atoms with Gasteiger partial charge >= 0.3 is 0 Å². The van der Waals surface area contributed by atoms with Crippen molar-refractivity contribution in [1.29, 1.82) is 0 Å². The molecule has 3 aromatic rings. The molecule has 38 heavy (non-hydrogen) atoms. The van der Waals surface area contributed by atoms with Gasteiger partial charge in [0.2, 0.25) is 0 Å². The Labute approximate surface area is 229 Å². The molecule has 0 aliphatic heterocycles. The highest BCUT2D eigenvalue weighted by Crippen LogP contribution is 2.20. The molecule has 0 aliphatic rings. The number of hydrazone groups is 1. The minimum absolute atomic E-state index is 0.0803. The molecular formula is C27H25Cl2N5O4. The number of nitro benzene ring substituents is 1. The largest absolute Gasteiger partial charge is 0.372 e. The number of anilines is 1. The number of nitrogens with one attached hydrogen (secondary N) is 2. The van der Waals surface area contributed by atoms with Crippen LogP contribution in [-0.4, -0.2) is 36.0 Å². The normalized spacial score (nSPS) is 11.3. The minimum atomic E-state index is -0.686. The van der Waals surface area contributed by atoms with Gasteiger partial charge in [-0.15, -0.1) is 0 Å². The first kappa shape index (κ1) is 28.4. The molecule has 0 heterocycles. The lowest BCUT2D eigenvalue weighted by Gasteiger charge is -2.20. The van der Waals surface area contributed by atoms with E-state index in [2.05, 4.69) is 34.6 Å². The number of non-ortho nitro benzene ring substituents is 1. The van der Waals surface area contributed by atoms with E-state index in [-0.39, 0.29) is 16.9 Å². The van der Waals surface area contributed by atoms with Crippen LogP contribution in [0.5, 0.6) is 0 Å². The van der Waals surface area contributed by atoms with Crippen molar-refractivity contribution in [3.05, 3.63) is 109 Å². The molecule has 0 unspecified atom stereocenters. The smallest absolute Gasteiger partial charge is 0.287 e. The average molecular weight is 554 g/mol. The molecule has 0 spiro atoms. The second-order valence-electron chi connectivity index (χ2n) is 7.94. The molecule has 0 saturated carbocycles. The van der Waals surface area contributed by atoms with E-state index >= 15 is 0 Å². The van der Waals surface area contributed by atoms with E-state index in [0.717, 1.165) is 18.8 Å². The Balaban J connectivity index is 1.85. The molecule has 196 valence electrons. The van der Waals surface area contributed by atoms with Gasteiger partial charge in [-0.1, -0.05) is 41.4 Å². The zero-order chi connectivity index (χ0) is 27.7. The van der Waals surface area contributed by atoms with Gasteiger partial charge in [0.05, 0.1) is 16.2 Å². The van der Waals surface area contributed by atoms with Gasteiger partial charge < -0.3 is 10.2 Å². The van der Waals surface area contributed by atoms with Gasteiger partial charge in [-0.25, -0.2) is 5.43 Å².